The molecule has 1 fully saturated rings. The van der Waals surface area contributed by atoms with E-state index in [2.05, 4.69) is 9.97 Å². The Morgan fingerprint density at radius 1 is 1.00 bits per heavy atom. The van der Waals surface area contributed by atoms with Crippen molar-refractivity contribution in [3.8, 4) is 0 Å². The SMILES string of the molecule is Nc1ccc(C(=O)N2CCN(C(=O)c3[nH]c4ccc(F)c(Cl)c4c3Cl)CC2)cn1. The van der Waals surface area contributed by atoms with Gasteiger partial charge >= 0.3 is 0 Å². The van der Waals surface area contributed by atoms with Gasteiger partial charge in [-0.15, -0.1) is 0 Å². The first-order valence-corrected chi connectivity index (χ1v) is 9.57. The molecule has 7 nitrogen and oxygen atoms in total. The van der Waals surface area contributed by atoms with Gasteiger partial charge in [0.2, 0.25) is 0 Å². The highest BCUT2D eigenvalue weighted by molar-refractivity contribution is 6.44. The van der Waals surface area contributed by atoms with E-state index in [1.54, 1.807) is 21.9 Å². The zero-order valence-corrected chi connectivity index (χ0v) is 16.6. The number of hydrogen-bond acceptors (Lipinski definition) is 4. The molecule has 3 heterocycles. The Bertz CT molecular complexity index is 1110. The van der Waals surface area contributed by atoms with Crippen molar-refractivity contribution in [2.24, 2.45) is 0 Å². The van der Waals surface area contributed by atoms with E-state index in [-0.39, 0.29) is 32.9 Å². The minimum Gasteiger partial charge on any atom is -0.384 e. The zero-order valence-electron chi connectivity index (χ0n) is 15.1. The lowest BCUT2D eigenvalue weighted by molar-refractivity contribution is 0.0532. The summed E-state index contributed by atoms with van der Waals surface area (Å²) in [6.45, 7) is 1.39. The number of carbonyl (C=O) groups excluding carboxylic acids is 2. The Morgan fingerprint density at radius 3 is 2.28 bits per heavy atom. The third-order valence-electron chi connectivity index (χ3n) is 4.89. The molecule has 2 aromatic heterocycles. The van der Waals surface area contributed by atoms with Crippen LogP contribution in [0.2, 0.25) is 10.0 Å². The minimum atomic E-state index is -0.608. The molecule has 0 bridgehead atoms. The van der Waals surface area contributed by atoms with Crippen LogP contribution in [0.4, 0.5) is 10.2 Å². The lowest BCUT2D eigenvalue weighted by Crippen LogP contribution is -2.50. The van der Waals surface area contributed by atoms with Crippen LogP contribution in [0.25, 0.3) is 10.9 Å². The highest BCUT2D eigenvalue weighted by atomic mass is 35.5. The maximum atomic E-state index is 13.7. The number of fused-ring (bicyclic) bond motifs is 1. The fourth-order valence-electron chi connectivity index (χ4n) is 3.32. The molecule has 1 saturated heterocycles. The zero-order chi connectivity index (χ0) is 20.7. The summed E-state index contributed by atoms with van der Waals surface area (Å²) in [5.41, 5.74) is 6.62. The quantitative estimate of drug-likeness (QED) is 0.645. The van der Waals surface area contributed by atoms with Crippen LogP contribution in [0.1, 0.15) is 20.8 Å². The number of nitrogens with one attached hydrogen (secondary N) is 1. The Balaban J connectivity index is 1.49. The molecule has 0 aliphatic carbocycles. The molecule has 0 unspecified atom stereocenters. The number of nitrogens with zero attached hydrogens (tertiary/aromatic N) is 3. The molecule has 0 radical (unpaired) electrons. The number of H-pyrrole nitrogens is 1. The maximum Gasteiger partial charge on any atom is 0.271 e. The molecule has 0 atom stereocenters. The Morgan fingerprint density at radius 2 is 1.66 bits per heavy atom. The Kier molecular flexibility index (Phi) is 5.06. The largest absolute Gasteiger partial charge is 0.384 e. The number of nitrogens with two attached hydrogens (primary N) is 1. The van der Waals surface area contributed by atoms with E-state index < -0.39 is 5.82 Å². The fourth-order valence-corrected chi connectivity index (χ4v) is 3.95. The van der Waals surface area contributed by atoms with E-state index in [4.69, 9.17) is 28.9 Å². The highest BCUT2D eigenvalue weighted by Gasteiger charge is 2.28. The lowest BCUT2D eigenvalue weighted by Gasteiger charge is -2.34. The summed E-state index contributed by atoms with van der Waals surface area (Å²) >= 11 is 12.3. The number of carbonyl (C=O) groups is 2. The second kappa shape index (κ2) is 7.53. The van der Waals surface area contributed by atoms with Gasteiger partial charge in [0.15, 0.2) is 0 Å². The van der Waals surface area contributed by atoms with E-state index in [9.17, 15) is 14.0 Å². The number of anilines is 1. The number of nitrogen functional groups attached to an aromatic ring is 1. The van der Waals surface area contributed by atoms with Gasteiger partial charge in [0.25, 0.3) is 11.8 Å². The maximum absolute atomic E-state index is 13.7. The number of aromatic amines is 1. The van der Waals surface area contributed by atoms with Crippen molar-refractivity contribution in [2.75, 3.05) is 31.9 Å². The first-order valence-electron chi connectivity index (χ1n) is 8.82. The normalized spacial score (nSPS) is 14.4. The molecular formula is C19H16Cl2FN5O2. The molecular weight excluding hydrogens is 420 g/mol. The van der Waals surface area contributed by atoms with Gasteiger partial charge in [-0.1, -0.05) is 23.2 Å². The van der Waals surface area contributed by atoms with Crippen LogP contribution < -0.4 is 5.73 Å². The number of halogens is 3. The molecule has 3 N–H and O–H groups in total. The second-order valence-electron chi connectivity index (χ2n) is 6.65. The summed E-state index contributed by atoms with van der Waals surface area (Å²) in [5, 5.41) is 0.234. The van der Waals surface area contributed by atoms with E-state index in [1.165, 1.54) is 18.3 Å². The van der Waals surface area contributed by atoms with Crippen molar-refractivity contribution in [1.82, 2.24) is 19.8 Å². The van der Waals surface area contributed by atoms with E-state index in [1.807, 2.05) is 0 Å². The molecule has 10 heteroatoms. The molecule has 2 amide bonds. The second-order valence-corrected chi connectivity index (χ2v) is 7.41. The van der Waals surface area contributed by atoms with Gasteiger partial charge < -0.3 is 20.5 Å². The molecule has 1 aromatic carbocycles. The molecule has 1 aliphatic rings. The monoisotopic (exact) mass is 435 g/mol. The van der Waals surface area contributed by atoms with Gasteiger partial charge in [0, 0.05) is 43.3 Å². The molecule has 0 spiro atoms. The number of amides is 2. The standard InChI is InChI=1S/C19H16Cl2FN5O2/c20-15-11(22)2-3-12-14(15)16(21)17(25-12)19(29)27-7-5-26(6-8-27)18(28)10-1-4-13(23)24-9-10/h1-4,9,25H,5-8H2,(H2,23,24). The number of pyridine rings is 1. The van der Waals surface area contributed by atoms with Gasteiger partial charge in [0.05, 0.1) is 15.6 Å². The third kappa shape index (κ3) is 3.49. The lowest BCUT2D eigenvalue weighted by atomic mass is 10.2. The third-order valence-corrected chi connectivity index (χ3v) is 5.64. The van der Waals surface area contributed by atoms with Crippen molar-refractivity contribution in [1.29, 1.82) is 0 Å². The van der Waals surface area contributed by atoms with Crippen molar-refractivity contribution in [2.45, 2.75) is 0 Å². The van der Waals surface area contributed by atoms with E-state index >= 15 is 0 Å². The van der Waals surface area contributed by atoms with E-state index in [0.29, 0.717) is 43.1 Å². The van der Waals surface area contributed by atoms with Crippen molar-refractivity contribution in [3.05, 3.63) is 57.6 Å². The van der Waals surface area contributed by atoms with Gasteiger partial charge in [0.1, 0.15) is 17.3 Å². The molecule has 4 rings (SSSR count). The Hall–Kier alpha value is -2.84. The van der Waals surface area contributed by atoms with Gasteiger partial charge in [-0.25, -0.2) is 9.37 Å². The van der Waals surface area contributed by atoms with Crippen molar-refractivity contribution < 1.29 is 14.0 Å². The first-order chi connectivity index (χ1) is 13.9. The molecule has 0 saturated carbocycles. The van der Waals surface area contributed by atoms with Crippen molar-refractivity contribution >= 4 is 51.7 Å². The minimum absolute atomic E-state index is 0.0842. The average Bonchev–Trinajstić information content (AvgIpc) is 3.07. The van der Waals surface area contributed by atoms with Gasteiger partial charge in [-0.05, 0) is 24.3 Å². The summed E-state index contributed by atoms with van der Waals surface area (Å²) in [4.78, 5) is 35.6. The van der Waals surface area contributed by atoms with Crippen LogP contribution in [0.5, 0.6) is 0 Å². The first kappa shape index (κ1) is 19.5. The van der Waals surface area contributed by atoms with Crippen molar-refractivity contribution in [3.63, 3.8) is 0 Å². The predicted octanol–water partition coefficient (Wildman–Crippen LogP) is 3.19. The molecule has 29 heavy (non-hydrogen) atoms. The number of rotatable bonds is 2. The number of hydrogen-bond donors (Lipinski definition) is 2. The smallest absolute Gasteiger partial charge is 0.271 e. The summed E-state index contributed by atoms with van der Waals surface area (Å²) in [5.74, 6) is -0.769. The molecule has 150 valence electrons. The summed E-state index contributed by atoms with van der Waals surface area (Å²) < 4.78 is 13.7. The average molecular weight is 436 g/mol. The van der Waals surface area contributed by atoms with E-state index in [0.717, 1.165) is 0 Å². The Labute approximate surface area is 175 Å². The number of aromatic nitrogens is 2. The summed E-state index contributed by atoms with van der Waals surface area (Å²) in [7, 11) is 0. The van der Waals surface area contributed by atoms with Crippen LogP contribution in [0, 0.1) is 5.82 Å². The number of piperazine rings is 1. The molecule has 3 aromatic rings. The highest BCUT2D eigenvalue weighted by Crippen LogP contribution is 2.35. The summed E-state index contributed by atoms with van der Waals surface area (Å²) in [6.07, 6.45) is 1.43. The van der Waals surface area contributed by atoms with Crippen LogP contribution in [0.3, 0.4) is 0 Å². The van der Waals surface area contributed by atoms with Crippen LogP contribution >= 0.6 is 23.2 Å². The van der Waals surface area contributed by atoms with Crippen LogP contribution in [0.15, 0.2) is 30.5 Å². The van der Waals surface area contributed by atoms with Gasteiger partial charge in [-0.3, -0.25) is 9.59 Å². The van der Waals surface area contributed by atoms with Crippen LogP contribution in [-0.2, 0) is 0 Å². The molecule has 1 aliphatic heterocycles. The summed E-state index contributed by atoms with van der Waals surface area (Å²) in [6, 6.07) is 5.88. The number of benzene rings is 1. The van der Waals surface area contributed by atoms with Gasteiger partial charge in [-0.2, -0.15) is 0 Å². The topological polar surface area (TPSA) is 95.3 Å². The van der Waals surface area contributed by atoms with Crippen LogP contribution in [-0.4, -0.2) is 57.8 Å². The predicted molar refractivity (Wildman–Crippen MR) is 109 cm³/mol. The fraction of sp³-hybridized carbons (Fsp3) is 0.211.